The van der Waals surface area contributed by atoms with Gasteiger partial charge in [0.15, 0.2) is 0 Å². The van der Waals surface area contributed by atoms with Crippen molar-refractivity contribution in [1.29, 1.82) is 0 Å². The predicted octanol–water partition coefficient (Wildman–Crippen LogP) is -0.453. The van der Waals surface area contributed by atoms with E-state index in [9.17, 15) is 9.59 Å². The van der Waals surface area contributed by atoms with Crippen LogP contribution in [0.5, 0.6) is 0 Å². The molecule has 3 N–H and O–H groups in total. The summed E-state index contributed by atoms with van der Waals surface area (Å²) >= 11 is 0. The van der Waals surface area contributed by atoms with Crippen molar-refractivity contribution < 1.29 is 19.8 Å². The van der Waals surface area contributed by atoms with Crippen molar-refractivity contribution in [2.45, 2.75) is 0 Å². The Labute approximate surface area is 64.3 Å². The van der Waals surface area contributed by atoms with Crippen LogP contribution in [-0.2, 0) is 9.59 Å². The van der Waals surface area contributed by atoms with Gasteiger partial charge >= 0.3 is 11.9 Å². The minimum atomic E-state index is -1.06. The van der Waals surface area contributed by atoms with E-state index in [0.29, 0.717) is 0 Å². The molecule has 0 fully saturated rings. The molecule has 5 nitrogen and oxygen atoms in total. The summed E-state index contributed by atoms with van der Waals surface area (Å²) in [6, 6.07) is 0. The fraction of sp³-hybridized carbons (Fsp3) is 0.333. The summed E-state index contributed by atoms with van der Waals surface area (Å²) in [6.07, 6.45) is 0. The standard InChI is InChI=1S/C4H7NO4.C2H4/c6-3(7)1-5-2-4(8)9;1-2/h5H,1-2H2,(H,6,7)(H,8,9);1-2H2. The quantitative estimate of drug-likeness (QED) is 0.486. The lowest BCUT2D eigenvalue weighted by Crippen LogP contribution is -2.27. The number of aliphatic carboxylic acids is 2. The van der Waals surface area contributed by atoms with Crippen LogP contribution < -0.4 is 5.32 Å². The molecule has 11 heavy (non-hydrogen) atoms. The van der Waals surface area contributed by atoms with E-state index in [0.717, 1.165) is 0 Å². The highest BCUT2D eigenvalue weighted by Gasteiger charge is 1.97. The van der Waals surface area contributed by atoms with Crippen molar-refractivity contribution >= 4 is 11.9 Å². The molecular weight excluding hydrogens is 150 g/mol. The van der Waals surface area contributed by atoms with E-state index >= 15 is 0 Å². The molecule has 0 bridgehead atoms. The highest BCUT2D eigenvalue weighted by atomic mass is 16.4. The maximum Gasteiger partial charge on any atom is 0.317 e. The van der Waals surface area contributed by atoms with Crippen molar-refractivity contribution in [3.8, 4) is 0 Å². The topological polar surface area (TPSA) is 86.6 Å². The number of carboxylic acid groups (broad SMARTS) is 2. The summed E-state index contributed by atoms with van der Waals surface area (Å²) in [5.74, 6) is -2.12. The van der Waals surface area contributed by atoms with E-state index < -0.39 is 11.9 Å². The zero-order chi connectivity index (χ0) is 9.28. The van der Waals surface area contributed by atoms with Crippen LogP contribution in [0.3, 0.4) is 0 Å². The van der Waals surface area contributed by atoms with Gasteiger partial charge in [-0.2, -0.15) is 0 Å². The van der Waals surface area contributed by atoms with Crippen molar-refractivity contribution in [2.24, 2.45) is 0 Å². The van der Waals surface area contributed by atoms with Crippen molar-refractivity contribution in [3.05, 3.63) is 13.2 Å². The van der Waals surface area contributed by atoms with Crippen molar-refractivity contribution in [3.63, 3.8) is 0 Å². The van der Waals surface area contributed by atoms with Crippen LogP contribution in [0.4, 0.5) is 0 Å². The van der Waals surface area contributed by atoms with E-state index in [4.69, 9.17) is 10.2 Å². The third-order valence-electron chi connectivity index (χ3n) is 0.552. The lowest BCUT2D eigenvalue weighted by Gasteiger charge is -1.93. The highest BCUT2D eigenvalue weighted by Crippen LogP contribution is 1.61. The average molecular weight is 161 g/mol. The lowest BCUT2D eigenvalue weighted by atomic mass is 10.6. The fourth-order valence-corrected chi connectivity index (χ4v) is 0.276. The summed E-state index contributed by atoms with van der Waals surface area (Å²) in [4.78, 5) is 19.5. The van der Waals surface area contributed by atoms with Crippen LogP contribution in [0.25, 0.3) is 0 Å². The van der Waals surface area contributed by atoms with Gasteiger partial charge in [-0.05, 0) is 0 Å². The molecule has 5 heteroatoms. The van der Waals surface area contributed by atoms with Crippen LogP contribution in [0.15, 0.2) is 13.2 Å². The van der Waals surface area contributed by atoms with Crippen LogP contribution in [0.1, 0.15) is 0 Å². The minimum Gasteiger partial charge on any atom is -0.480 e. The van der Waals surface area contributed by atoms with Crippen LogP contribution in [0.2, 0.25) is 0 Å². The average Bonchev–Trinajstić information content (AvgIpc) is 1.90. The van der Waals surface area contributed by atoms with Crippen LogP contribution in [0, 0.1) is 0 Å². The second kappa shape index (κ2) is 8.64. The van der Waals surface area contributed by atoms with E-state index in [1.807, 2.05) is 0 Å². The van der Waals surface area contributed by atoms with Crippen molar-refractivity contribution in [1.82, 2.24) is 5.32 Å². The predicted molar refractivity (Wildman–Crippen MR) is 39.4 cm³/mol. The second-order valence-corrected chi connectivity index (χ2v) is 1.39. The van der Waals surface area contributed by atoms with Gasteiger partial charge < -0.3 is 10.2 Å². The Morgan fingerprint density at radius 2 is 1.36 bits per heavy atom. The van der Waals surface area contributed by atoms with Crippen molar-refractivity contribution in [2.75, 3.05) is 13.1 Å². The molecule has 0 aromatic rings. The van der Waals surface area contributed by atoms with Gasteiger partial charge in [-0.1, -0.05) is 0 Å². The molecule has 0 radical (unpaired) electrons. The first kappa shape index (κ1) is 12.3. The maximum absolute atomic E-state index is 9.73. The molecular formula is C6H11NO4. The number of nitrogens with one attached hydrogen (secondary N) is 1. The van der Waals surface area contributed by atoms with Crippen LogP contribution >= 0.6 is 0 Å². The highest BCUT2D eigenvalue weighted by molar-refractivity contribution is 5.72. The Morgan fingerprint density at radius 3 is 1.55 bits per heavy atom. The molecule has 0 unspecified atom stereocenters. The van der Waals surface area contributed by atoms with E-state index in [-0.39, 0.29) is 13.1 Å². The van der Waals surface area contributed by atoms with Gasteiger partial charge in [0.25, 0.3) is 0 Å². The first-order valence-electron chi connectivity index (χ1n) is 2.77. The summed E-state index contributed by atoms with van der Waals surface area (Å²) in [7, 11) is 0. The van der Waals surface area contributed by atoms with Crippen LogP contribution in [-0.4, -0.2) is 35.2 Å². The third kappa shape index (κ3) is 17.7. The van der Waals surface area contributed by atoms with Gasteiger partial charge in [-0.3, -0.25) is 14.9 Å². The number of carboxylic acids is 2. The molecule has 0 amide bonds. The Morgan fingerprint density at radius 1 is 1.09 bits per heavy atom. The Kier molecular flexibility index (Phi) is 9.68. The third-order valence-corrected chi connectivity index (χ3v) is 0.552. The summed E-state index contributed by atoms with van der Waals surface area (Å²) in [5.41, 5.74) is 0. The Balaban J connectivity index is 0. The minimum absolute atomic E-state index is 0.313. The number of hydrogen-bond donors (Lipinski definition) is 3. The number of hydrogen-bond acceptors (Lipinski definition) is 3. The largest absolute Gasteiger partial charge is 0.480 e. The fourth-order valence-electron chi connectivity index (χ4n) is 0.276. The van der Waals surface area contributed by atoms with E-state index in [2.05, 4.69) is 18.5 Å². The van der Waals surface area contributed by atoms with E-state index in [1.165, 1.54) is 0 Å². The molecule has 0 rings (SSSR count). The summed E-state index contributed by atoms with van der Waals surface area (Å²) < 4.78 is 0. The molecule has 0 atom stereocenters. The molecule has 0 saturated heterocycles. The van der Waals surface area contributed by atoms with Gasteiger partial charge in [-0.15, -0.1) is 13.2 Å². The molecule has 0 spiro atoms. The van der Waals surface area contributed by atoms with Gasteiger partial charge in [0.2, 0.25) is 0 Å². The summed E-state index contributed by atoms with van der Waals surface area (Å²) in [6.45, 7) is 5.37. The number of carbonyl (C=O) groups is 2. The zero-order valence-corrected chi connectivity index (χ0v) is 6.04. The monoisotopic (exact) mass is 161 g/mol. The maximum atomic E-state index is 9.73. The molecule has 0 aliphatic rings. The van der Waals surface area contributed by atoms with Gasteiger partial charge in [0.05, 0.1) is 13.1 Å². The molecule has 0 saturated carbocycles. The number of rotatable bonds is 4. The smallest absolute Gasteiger partial charge is 0.317 e. The van der Waals surface area contributed by atoms with E-state index in [1.54, 1.807) is 0 Å². The SMILES string of the molecule is C=C.O=C(O)CNCC(=O)O. The van der Waals surface area contributed by atoms with Gasteiger partial charge in [-0.25, -0.2) is 0 Å². The normalized spacial score (nSPS) is 7.64. The molecule has 0 heterocycles. The molecule has 0 aliphatic heterocycles. The molecule has 0 aliphatic carbocycles. The molecule has 0 aromatic carbocycles. The van der Waals surface area contributed by atoms with Gasteiger partial charge in [0.1, 0.15) is 0 Å². The Hall–Kier alpha value is -1.36. The lowest BCUT2D eigenvalue weighted by molar-refractivity contribution is -0.137. The molecule has 0 aromatic heterocycles. The van der Waals surface area contributed by atoms with Gasteiger partial charge in [0, 0.05) is 0 Å². The first-order valence-corrected chi connectivity index (χ1v) is 2.77. The Bertz CT molecular complexity index is 121. The molecule has 64 valence electrons. The first-order chi connectivity index (χ1) is 5.13. The summed E-state index contributed by atoms with van der Waals surface area (Å²) in [5, 5.41) is 18.1. The zero-order valence-electron chi connectivity index (χ0n) is 6.04. The second-order valence-electron chi connectivity index (χ2n) is 1.39.